The van der Waals surface area contributed by atoms with E-state index >= 15 is 0 Å². The first-order valence-electron chi connectivity index (χ1n) is 6.39. The van der Waals surface area contributed by atoms with Gasteiger partial charge in [0.05, 0.1) is 18.1 Å². The Kier molecular flexibility index (Phi) is 4.99. The number of rotatable bonds is 3. The molecular formula is C13H23BO4. The van der Waals surface area contributed by atoms with Gasteiger partial charge >= 0.3 is 13.1 Å². The molecule has 4 nitrogen and oxygen atoms in total. The molecule has 0 amide bonds. The van der Waals surface area contributed by atoms with E-state index in [9.17, 15) is 9.82 Å². The number of carbonyl (C=O) groups excluding carboxylic acids is 1. The van der Waals surface area contributed by atoms with Crippen LogP contribution in [0.4, 0.5) is 0 Å². The molecule has 0 bridgehead atoms. The quantitative estimate of drug-likeness (QED) is 0.475. The minimum Gasteiger partial charge on any atom is -0.465 e. The standard InChI is InChI=1S/C13H23BO4/c1-9-6-7-14(16)18-11(9)10(2)8-17-12(15)13(3,4)5/h6,10-11,16H,7-8H2,1-5H3/t10-,11-/m0/s1. The van der Waals surface area contributed by atoms with Crippen LogP contribution in [0.25, 0.3) is 0 Å². The zero-order valence-corrected chi connectivity index (χ0v) is 11.9. The predicted octanol–water partition coefficient (Wildman–Crippen LogP) is 2.04. The number of hydrogen-bond donors (Lipinski definition) is 1. The highest BCUT2D eigenvalue weighted by Gasteiger charge is 2.30. The van der Waals surface area contributed by atoms with Crippen molar-refractivity contribution in [2.24, 2.45) is 11.3 Å². The molecule has 0 unspecified atom stereocenters. The van der Waals surface area contributed by atoms with Crippen LogP contribution < -0.4 is 0 Å². The number of carbonyl (C=O) groups is 1. The van der Waals surface area contributed by atoms with Crippen LogP contribution in [0, 0.1) is 11.3 Å². The zero-order chi connectivity index (χ0) is 13.9. The van der Waals surface area contributed by atoms with Gasteiger partial charge in [-0.25, -0.2) is 0 Å². The van der Waals surface area contributed by atoms with Crippen molar-refractivity contribution >= 4 is 13.1 Å². The second-order valence-corrected chi connectivity index (χ2v) is 6.02. The summed E-state index contributed by atoms with van der Waals surface area (Å²) in [6, 6.07) is 0. The van der Waals surface area contributed by atoms with Crippen molar-refractivity contribution in [3.05, 3.63) is 11.6 Å². The monoisotopic (exact) mass is 254 g/mol. The highest BCUT2D eigenvalue weighted by Crippen LogP contribution is 2.24. The van der Waals surface area contributed by atoms with Gasteiger partial charge in [0.2, 0.25) is 0 Å². The second kappa shape index (κ2) is 5.89. The number of allylic oxidation sites excluding steroid dienone is 1. The first-order chi connectivity index (χ1) is 8.21. The molecule has 0 aromatic rings. The topological polar surface area (TPSA) is 55.8 Å². The summed E-state index contributed by atoms with van der Waals surface area (Å²) in [5, 5.41) is 9.48. The maximum Gasteiger partial charge on any atom is 0.458 e. The Morgan fingerprint density at radius 3 is 2.83 bits per heavy atom. The fraction of sp³-hybridized carbons (Fsp3) is 0.769. The molecule has 0 spiro atoms. The Hall–Kier alpha value is -0.805. The summed E-state index contributed by atoms with van der Waals surface area (Å²) in [6.07, 6.45) is 2.32. The minimum absolute atomic E-state index is 0.0301. The van der Waals surface area contributed by atoms with Crippen LogP contribution in [0.2, 0.25) is 6.32 Å². The van der Waals surface area contributed by atoms with Gasteiger partial charge in [0, 0.05) is 12.2 Å². The van der Waals surface area contributed by atoms with Crippen LogP contribution in [0.3, 0.4) is 0 Å². The third-order valence-electron chi connectivity index (χ3n) is 3.00. The van der Waals surface area contributed by atoms with Gasteiger partial charge in [-0.3, -0.25) is 4.79 Å². The third kappa shape index (κ3) is 4.14. The molecule has 0 aromatic heterocycles. The van der Waals surface area contributed by atoms with Crippen LogP contribution in [0.5, 0.6) is 0 Å². The fourth-order valence-corrected chi connectivity index (χ4v) is 1.83. The average Bonchev–Trinajstić information content (AvgIpc) is 2.27. The van der Waals surface area contributed by atoms with Crippen molar-refractivity contribution in [3.8, 4) is 0 Å². The van der Waals surface area contributed by atoms with Gasteiger partial charge in [0.25, 0.3) is 0 Å². The van der Waals surface area contributed by atoms with E-state index < -0.39 is 12.5 Å². The van der Waals surface area contributed by atoms with Crippen molar-refractivity contribution in [2.45, 2.75) is 47.0 Å². The van der Waals surface area contributed by atoms with Gasteiger partial charge in [-0.2, -0.15) is 0 Å². The summed E-state index contributed by atoms with van der Waals surface area (Å²) in [5.74, 6) is -0.185. The summed E-state index contributed by atoms with van der Waals surface area (Å²) >= 11 is 0. The van der Waals surface area contributed by atoms with E-state index in [1.165, 1.54) is 0 Å². The Labute approximate surface area is 109 Å². The molecule has 1 N–H and O–H groups in total. The maximum atomic E-state index is 11.7. The molecule has 0 saturated carbocycles. The molecule has 1 aliphatic rings. The molecule has 1 heterocycles. The van der Waals surface area contributed by atoms with Crippen LogP contribution >= 0.6 is 0 Å². The molecule has 0 radical (unpaired) electrons. The first-order valence-corrected chi connectivity index (χ1v) is 6.39. The van der Waals surface area contributed by atoms with E-state index in [0.717, 1.165) is 5.57 Å². The van der Waals surface area contributed by atoms with Gasteiger partial charge in [-0.15, -0.1) is 0 Å². The number of esters is 1. The summed E-state index contributed by atoms with van der Waals surface area (Å²) in [5.41, 5.74) is 0.594. The van der Waals surface area contributed by atoms with Crippen LogP contribution in [0.1, 0.15) is 34.6 Å². The summed E-state index contributed by atoms with van der Waals surface area (Å²) in [7, 11) is -0.750. The third-order valence-corrected chi connectivity index (χ3v) is 3.00. The minimum atomic E-state index is -0.750. The highest BCUT2D eigenvalue weighted by molar-refractivity contribution is 6.43. The smallest absolute Gasteiger partial charge is 0.458 e. The van der Waals surface area contributed by atoms with E-state index in [2.05, 4.69) is 0 Å². The van der Waals surface area contributed by atoms with E-state index in [1.54, 1.807) is 0 Å². The lowest BCUT2D eigenvalue weighted by Gasteiger charge is -2.30. The first kappa shape index (κ1) is 15.3. The lowest BCUT2D eigenvalue weighted by atomic mass is 9.78. The lowest BCUT2D eigenvalue weighted by Crippen LogP contribution is -2.37. The normalized spacial score (nSPS) is 22.4. The van der Waals surface area contributed by atoms with Crippen molar-refractivity contribution in [3.63, 3.8) is 0 Å². The molecule has 0 aromatic carbocycles. The number of ether oxygens (including phenoxy) is 1. The van der Waals surface area contributed by atoms with E-state index in [-0.39, 0.29) is 18.0 Å². The summed E-state index contributed by atoms with van der Waals surface area (Å²) < 4.78 is 10.8. The van der Waals surface area contributed by atoms with Crippen molar-refractivity contribution < 1.29 is 19.2 Å². The van der Waals surface area contributed by atoms with Crippen LogP contribution in [-0.2, 0) is 14.2 Å². The average molecular weight is 254 g/mol. The van der Waals surface area contributed by atoms with Gasteiger partial charge in [-0.05, 0) is 27.7 Å². The molecule has 102 valence electrons. The predicted molar refractivity (Wildman–Crippen MR) is 71.0 cm³/mol. The van der Waals surface area contributed by atoms with Crippen molar-refractivity contribution in [1.29, 1.82) is 0 Å². The fourth-order valence-electron chi connectivity index (χ4n) is 1.83. The molecule has 0 saturated heterocycles. The van der Waals surface area contributed by atoms with Crippen molar-refractivity contribution in [2.75, 3.05) is 6.61 Å². The van der Waals surface area contributed by atoms with Crippen LogP contribution in [0.15, 0.2) is 11.6 Å². The molecular weight excluding hydrogens is 231 g/mol. The van der Waals surface area contributed by atoms with Crippen molar-refractivity contribution in [1.82, 2.24) is 0 Å². The molecule has 0 fully saturated rings. The second-order valence-electron chi connectivity index (χ2n) is 6.02. The van der Waals surface area contributed by atoms with E-state index in [1.807, 2.05) is 40.7 Å². The van der Waals surface area contributed by atoms with E-state index in [4.69, 9.17) is 9.39 Å². The molecule has 18 heavy (non-hydrogen) atoms. The zero-order valence-electron chi connectivity index (χ0n) is 11.9. The Morgan fingerprint density at radius 1 is 1.67 bits per heavy atom. The molecule has 0 aliphatic carbocycles. The molecule has 1 rings (SSSR count). The Balaban J connectivity index is 2.51. The maximum absolute atomic E-state index is 11.7. The molecule has 5 heteroatoms. The number of hydrogen-bond acceptors (Lipinski definition) is 4. The largest absolute Gasteiger partial charge is 0.465 e. The Bertz CT molecular complexity index is 332. The summed E-state index contributed by atoms with van der Waals surface area (Å²) in [4.78, 5) is 11.7. The van der Waals surface area contributed by atoms with Gasteiger partial charge < -0.3 is 14.4 Å². The summed E-state index contributed by atoms with van der Waals surface area (Å²) in [6.45, 7) is 9.71. The Morgan fingerprint density at radius 2 is 2.28 bits per heavy atom. The van der Waals surface area contributed by atoms with Gasteiger partial charge in [0.1, 0.15) is 0 Å². The highest BCUT2D eigenvalue weighted by atomic mass is 16.5. The van der Waals surface area contributed by atoms with E-state index in [0.29, 0.717) is 12.9 Å². The van der Waals surface area contributed by atoms with Crippen LogP contribution in [-0.4, -0.2) is 30.8 Å². The van der Waals surface area contributed by atoms with Gasteiger partial charge in [0.15, 0.2) is 0 Å². The molecule has 2 atom stereocenters. The SMILES string of the molecule is CC1=CCB(O)O[C@@H]1[C@@H](C)COC(=O)C(C)(C)C. The molecule has 1 aliphatic heterocycles. The lowest BCUT2D eigenvalue weighted by molar-refractivity contribution is -0.154. The van der Waals surface area contributed by atoms with Gasteiger partial charge in [-0.1, -0.05) is 18.6 Å².